The molecule has 4 nitrogen and oxygen atoms in total. The van der Waals surface area contributed by atoms with Crippen molar-refractivity contribution >= 4 is 5.97 Å². The average molecular weight is 473 g/mol. The van der Waals surface area contributed by atoms with E-state index in [0.717, 1.165) is 57.8 Å². The molecule has 3 N–H and O–H groups in total. The summed E-state index contributed by atoms with van der Waals surface area (Å²) < 4.78 is 0. The van der Waals surface area contributed by atoms with Crippen molar-refractivity contribution in [3.05, 3.63) is 11.6 Å². The molecule has 0 aliphatic heterocycles. The van der Waals surface area contributed by atoms with Crippen molar-refractivity contribution in [2.75, 3.05) is 0 Å². The number of allylic oxidation sites excluding steroid dienone is 2. The van der Waals surface area contributed by atoms with Gasteiger partial charge in [-0.05, 0) is 103 Å². The van der Waals surface area contributed by atoms with Gasteiger partial charge < -0.3 is 15.3 Å². The fraction of sp³-hybridized carbons (Fsp3) is 0.900. The highest BCUT2D eigenvalue weighted by Gasteiger charge is 2.70. The van der Waals surface area contributed by atoms with Gasteiger partial charge in [-0.2, -0.15) is 0 Å². The summed E-state index contributed by atoms with van der Waals surface area (Å²) in [6.45, 7) is 16.2. The number of rotatable bonds is 1. The van der Waals surface area contributed by atoms with Crippen molar-refractivity contribution in [3.63, 3.8) is 0 Å². The average Bonchev–Trinajstić information content (AvgIpc) is 2.70. The Kier molecular flexibility index (Phi) is 5.20. The minimum atomic E-state index is -0.624. The molecule has 0 aromatic rings. The standard InChI is InChI=1S/C30H48O4/c1-25(2)12-14-30(24(33)34)15-13-28(6)18(19(30)16-25)8-9-21-27(5)11-10-22(32)26(3,4)23(27)20(31)17-29(21,28)7/h8,19-23,31-32H,9-17H2,1-7H3,(H,33,34)/t19-,20-,21+,22+,23-,27+,28+,29+,30-/m0/s1. The summed E-state index contributed by atoms with van der Waals surface area (Å²) in [7, 11) is 0. The van der Waals surface area contributed by atoms with E-state index in [9.17, 15) is 20.1 Å². The Balaban J connectivity index is 1.63. The second-order valence-corrected chi connectivity index (χ2v) is 15.2. The first-order valence-corrected chi connectivity index (χ1v) is 13.9. The van der Waals surface area contributed by atoms with E-state index < -0.39 is 17.5 Å². The molecule has 0 radical (unpaired) electrons. The van der Waals surface area contributed by atoms with Gasteiger partial charge in [0.2, 0.25) is 0 Å². The number of hydrogen-bond acceptors (Lipinski definition) is 3. The van der Waals surface area contributed by atoms with Crippen LogP contribution in [0, 0.1) is 50.2 Å². The van der Waals surface area contributed by atoms with E-state index in [1.807, 2.05) is 0 Å². The van der Waals surface area contributed by atoms with Crippen LogP contribution in [0.15, 0.2) is 11.6 Å². The molecule has 0 aromatic heterocycles. The maximum absolute atomic E-state index is 12.8. The first-order valence-electron chi connectivity index (χ1n) is 13.9. The summed E-state index contributed by atoms with van der Waals surface area (Å²) >= 11 is 0. The SMILES string of the molecule is CC1(C)CC[C@]2(C(=O)O)CC[C@]3(C)C(=CC[C@@H]4[C@@]5(C)CC[C@@H](O)C(C)(C)[C@@H]5[C@@H](O)C[C@]43C)[C@@H]2C1. The Labute approximate surface area is 206 Å². The maximum Gasteiger partial charge on any atom is 0.310 e. The zero-order valence-corrected chi connectivity index (χ0v) is 22.6. The minimum absolute atomic E-state index is 0.0344. The lowest BCUT2D eigenvalue weighted by Gasteiger charge is -2.72. The number of hydrogen-bond donors (Lipinski definition) is 3. The summed E-state index contributed by atoms with van der Waals surface area (Å²) in [4.78, 5) is 12.8. The van der Waals surface area contributed by atoms with Gasteiger partial charge in [0.15, 0.2) is 0 Å². The fourth-order valence-electron chi connectivity index (χ4n) is 10.8. The number of aliphatic hydroxyl groups excluding tert-OH is 2. The summed E-state index contributed by atoms with van der Waals surface area (Å²) in [5.74, 6) is 0.0121. The van der Waals surface area contributed by atoms with Crippen LogP contribution in [0.2, 0.25) is 0 Å². The van der Waals surface area contributed by atoms with Gasteiger partial charge >= 0.3 is 5.97 Å². The van der Waals surface area contributed by atoms with E-state index in [0.29, 0.717) is 5.92 Å². The van der Waals surface area contributed by atoms with Crippen LogP contribution in [-0.2, 0) is 4.79 Å². The molecule has 0 bridgehead atoms. The lowest BCUT2D eigenvalue weighted by molar-refractivity contribution is -0.242. The predicted molar refractivity (Wildman–Crippen MR) is 134 cm³/mol. The van der Waals surface area contributed by atoms with Gasteiger partial charge in [-0.25, -0.2) is 0 Å². The molecule has 4 fully saturated rings. The highest BCUT2D eigenvalue weighted by molar-refractivity contribution is 5.76. The van der Waals surface area contributed by atoms with Crippen LogP contribution < -0.4 is 0 Å². The van der Waals surface area contributed by atoms with Crippen molar-refractivity contribution < 1.29 is 20.1 Å². The largest absolute Gasteiger partial charge is 0.481 e. The van der Waals surface area contributed by atoms with Gasteiger partial charge in [-0.15, -0.1) is 0 Å². The minimum Gasteiger partial charge on any atom is -0.481 e. The molecule has 34 heavy (non-hydrogen) atoms. The van der Waals surface area contributed by atoms with Crippen molar-refractivity contribution in [1.29, 1.82) is 0 Å². The zero-order valence-electron chi connectivity index (χ0n) is 22.6. The van der Waals surface area contributed by atoms with Gasteiger partial charge in [0.1, 0.15) is 0 Å². The monoisotopic (exact) mass is 472 g/mol. The number of aliphatic hydroxyl groups is 2. The van der Waals surface area contributed by atoms with Crippen molar-refractivity contribution in [2.45, 2.75) is 118 Å². The molecular formula is C30H48O4. The molecule has 4 heteroatoms. The van der Waals surface area contributed by atoms with Crippen molar-refractivity contribution in [3.8, 4) is 0 Å². The molecule has 192 valence electrons. The Morgan fingerprint density at radius 3 is 2.21 bits per heavy atom. The number of carboxylic acids is 1. The topological polar surface area (TPSA) is 77.8 Å². The lowest BCUT2D eigenvalue weighted by atomic mass is 9.33. The highest BCUT2D eigenvalue weighted by atomic mass is 16.4. The molecule has 4 saturated carbocycles. The first kappa shape index (κ1) is 24.8. The fourth-order valence-corrected chi connectivity index (χ4v) is 10.8. The molecule has 0 saturated heterocycles. The van der Waals surface area contributed by atoms with Crippen LogP contribution in [0.25, 0.3) is 0 Å². The highest BCUT2D eigenvalue weighted by Crippen LogP contribution is 2.75. The number of carboxylic acid groups (broad SMARTS) is 1. The van der Waals surface area contributed by atoms with Gasteiger partial charge in [0.25, 0.3) is 0 Å². The van der Waals surface area contributed by atoms with Crippen LogP contribution in [0.3, 0.4) is 0 Å². The molecule has 5 aliphatic rings. The third-order valence-corrected chi connectivity index (χ3v) is 12.9. The lowest BCUT2D eigenvalue weighted by Crippen LogP contribution is -2.68. The second kappa shape index (κ2) is 7.12. The third kappa shape index (κ3) is 2.88. The van der Waals surface area contributed by atoms with E-state index in [-0.39, 0.29) is 45.0 Å². The second-order valence-electron chi connectivity index (χ2n) is 15.2. The number of fused-ring (bicyclic) bond motifs is 7. The molecule has 0 heterocycles. The van der Waals surface area contributed by atoms with E-state index in [2.05, 4.69) is 54.5 Å². The van der Waals surface area contributed by atoms with Crippen LogP contribution in [0.5, 0.6) is 0 Å². The Hall–Kier alpha value is -0.870. The summed E-state index contributed by atoms with van der Waals surface area (Å²) in [6, 6.07) is 0. The molecule has 9 atom stereocenters. The van der Waals surface area contributed by atoms with Crippen molar-refractivity contribution in [1.82, 2.24) is 0 Å². The molecule has 5 rings (SSSR count). The molecule has 0 aromatic carbocycles. The Morgan fingerprint density at radius 2 is 1.56 bits per heavy atom. The summed E-state index contributed by atoms with van der Waals surface area (Å²) in [6.07, 6.45) is 9.49. The van der Waals surface area contributed by atoms with Crippen LogP contribution in [0.1, 0.15) is 106 Å². The molecular weight excluding hydrogens is 424 g/mol. The van der Waals surface area contributed by atoms with E-state index in [4.69, 9.17) is 0 Å². The van der Waals surface area contributed by atoms with Gasteiger partial charge in [0.05, 0.1) is 17.6 Å². The summed E-state index contributed by atoms with van der Waals surface area (Å²) in [5, 5.41) is 33.1. The molecule has 0 amide bonds. The predicted octanol–water partition coefficient (Wildman–Crippen LogP) is 6.20. The van der Waals surface area contributed by atoms with E-state index in [1.165, 1.54) is 5.57 Å². The number of aliphatic carboxylic acids is 1. The Bertz CT molecular complexity index is 919. The molecule has 0 spiro atoms. The Morgan fingerprint density at radius 1 is 0.912 bits per heavy atom. The quantitative estimate of drug-likeness (QED) is 0.397. The van der Waals surface area contributed by atoms with Crippen LogP contribution in [-0.4, -0.2) is 33.5 Å². The van der Waals surface area contributed by atoms with E-state index >= 15 is 0 Å². The number of carbonyl (C=O) groups is 1. The van der Waals surface area contributed by atoms with Crippen LogP contribution in [0.4, 0.5) is 0 Å². The maximum atomic E-state index is 12.8. The third-order valence-electron chi connectivity index (χ3n) is 12.9. The van der Waals surface area contributed by atoms with E-state index in [1.54, 1.807) is 0 Å². The zero-order chi connectivity index (χ0) is 25.1. The molecule has 0 unspecified atom stereocenters. The normalized spacial score (nSPS) is 53.4. The van der Waals surface area contributed by atoms with Gasteiger partial charge in [0, 0.05) is 0 Å². The van der Waals surface area contributed by atoms with Gasteiger partial charge in [-0.3, -0.25) is 4.79 Å². The van der Waals surface area contributed by atoms with Crippen molar-refractivity contribution in [2.24, 2.45) is 50.2 Å². The molecule has 5 aliphatic carbocycles. The summed E-state index contributed by atoms with van der Waals surface area (Å²) in [5.41, 5.74) is 0.421. The first-order chi connectivity index (χ1) is 15.6. The smallest absolute Gasteiger partial charge is 0.310 e. The van der Waals surface area contributed by atoms with Gasteiger partial charge in [-0.1, -0.05) is 60.1 Å². The van der Waals surface area contributed by atoms with Crippen LogP contribution >= 0.6 is 0 Å².